The Bertz CT molecular complexity index is 905. The highest BCUT2D eigenvalue weighted by Gasteiger charge is 2.30. The number of likely N-dealkylation sites (N-methyl/N-ethyl adjacent to an activating group) is 1. The first-order valence-corrected chi connectivity index (χ1v) is 8.54. The Morgan fingerprint density at radius 1 is 1.20 bits per heavy atom. The van der Waals surface area contributed by atoms with E-state index in [4.69, 9.17) is 4.63 Å². The van der Waals surface area contributed by atoms with E-state index in [1.165, 1.54) is 11.1 Å². The van der Waals surface area contributed by atoms with Crippen LogP contribution in [0, 0.1) is 0 Å². The van der Waals surface area contributed by atoms with Crippen LogP contribution in [0.25, 0.3) is 11.0 Å². The van der Waals surface area contributed by atoms with E-state index in [1.54, 1.807) is 0 Å². The second-order valence-electron chi connectivity index (χ2n) is 6.36. The van der Waals surface area contributed by atoms with Gasteiger partial charge in [-0.15, -0.1) is 0 Å². The molecule has 128 valence electrons. The van der Waals surface area contributed by atoms with Gasteiger partial charge in [0.15, 0.2) is 0 Å². The van der Waals surface area contributed by atoms with Crippen molar-refractivity contribution >= 4 is 16.9 Å². The predicted octanol–water partition coefficient (Wildman–Crippen LogP) is 2.29. The molecule has 0 saturated heterocycles. The van der Waals surface area contributed by atoms with Crippen LogP contribution in [-0.2, 0) is 24.3 Å². The summed E-state index contributed by atoms with van der Waals surface area (Å²) in [4.78, 5) is 15.0. The molecule has 0 unspecified atom stereocenters. The summed E-state index contributed by atoms with van der Waals surface area (Å²) in [6.45, 7) is 4.24. The summed E-state index contributed by atoms with van der Waals surface area (Å²) in [5.74, 6) is 0.0646. The number of fused-ring (bicyclic) bond motifs is 2. The Hall–Kier alpha value is -2.73. The van der Waals surface area contributed by atoms with Crippen LogP contribution in [-0.4, -0.2) is 33.7 Å². The topological polar surface area (TPSA) is 71.3 Å². The van der Waals surface area contributed by atoms with Gasteiger partial charge in [0.25, 0.3) is 0 Å². The number of aromatic nitrogens is 2. The number of benzene rings is 2. The third-order valence-corrected chi connectivity index (χ3v) is 4.84. The standard InChI is InChI=1S/C19H20N4O2/c1-2-23-12-15-6-4-3-5-14(15)10-18(23)19(24)20-11-13-7-8-16-17(9-13)22-25-21-16/h3-9,18H,2,10-12H2,1H3,(H,20,24)/t18-/m1/s1. The fourth-order valence-electron chi connectivity index (χ4n) is 3.41. The van der Waals surface area contributed by atoms with Gasteiger partial charge in [-0.3, -0.25) is 9.69 Å². The van der Waals surface area contributed by atoms with E-state index in [-0.39, 0.29) is 11.9 Å². The van der Waals surface area contributed by atoms with Gasteiger partial charge in [0.1, 0.15) is 11.0 Å². The Balaban J connectivity index is 1.46. The Morgan fingerprint density at radius 3 is 2.84 bits per heavy atom. The largest absolute Gasteiger partial charge is 0.351 e. The smallest absolute Gasteiger partial charge is 0.237 e. The van der Waals surface area contributed by atoms with Crippen LogP contribution in [0.5, 0.6) is 0 Å². The molecule has 1 N–H and O–H groups in total. The fraction of sp³-hybridized carbons (Fsp3) is 0.316. The first-order chi connectivity index (χ1) is 12.2. The number of hydrogen-bond acceptors (Lipinski definition) is 5. The molecule has 1 aromatic heterocycles. The quantitative estimate of drug-likeness (QED) is 0.791. The summed E-state index contributed by atoms with van der Waals surface area (Å²) < 4.78 is 4.71. The number of nitrogens with zero attached hydrogens (tertiary/aromatic N) is 3. The average Bonchev–Trinajstić information content (AvgIpc) is 3.12. The number of carbonyl (C=O) groups is 1. The van der Waals surface area contributed by atoms with Gasteiger partial charge in [-0.2, -0.15) is 0 Å². The molecule has 4 rings (SSSR count). The van der Waals surface area contributed by atoms with Gasteiger partial charge in [0.2, 0.25) is 5.91 Å². The summed E-state index contributed by atoms with van der Waals surface area (Å²) in [6.07, 6.45) is 0.752. The molecule has 6 nitrogen and oxygen atoms in total. The van der Waals surface area contributed by atoms with Crippen molar-refractivity contribution in [2.75, 3.05) is 6.54 Å². The third-order valence-electron chi connectivity index (χ3n) is 4.84. The highest BCUT2D eigenvalue weighted by molar-refractivity contribution is 5.82. The number of amides is 1. The van der Waals surface area contributed by atoms with Crippen LogP contribution in [0.4, 0.5) is 0 Å². The molecule has 1 aliphatic heterocycles. The number of rotatable bonds is 4. The molecule has 1 atom stereocenters. The minimum atomic E-state index is -0.127. The number of carbonyl (C=O) groups excluding carboxylic acids is 1. The van der Waals surface area contributed by atoms with E-state index < -0.39 is 0 Å². The zero-order valence-corrected chi connectivity index (χ0v) is 14.1. The summed E-state index contributed by atoms with van der Waals surface area (Å²) in [6, 6.07) is 13.9. The zero-order valence-electron chi connectivity index (χ0n) is 14.1. The van der Waals surface area contributed by atoms with Crippen molar-refractivity contribution in [3.8, 4) is 0 Å². The van der Waals surface area contributed by atoms with Gasteiger partial charge in [-0.25, -0.2) is 4.63 Å². The molecule has 0 fully saturated rings. The summed E-state index contributed by atoms with van der Waals surface area (Å²) in [7, 11) is 0. The Labute approximate surface area is 145 Å². The van der Waals surface area contributed by atoms with Crippen LogP contribution >= 0.6 is 0 Å². The molecule has 3 aromatic rings. The van der Waals surface area contributed by atoms with Crippen LogP contribution in [0.3, 0.4) is 0 Å². The highest BCUT2D eigenvalue weighted by atomic mass is 16.6. The van der Waals surface area contributed by atoms with Gasteiger partial charge >= 0.3 is 0 Å². The maximum Gasteiger partial charge on any atom is 0.237 e. The first kappa shape index (κ1) is 15.8. The second kappa shape index (κ2) is 6.64. The zero-order chi connectivity index (χ0) is 17.2. The van der Waals surface area contributed by atoms with Crippen molar-refractivity contribution in [1.29, 1.82) is 0 Å². The molecular formula is C19H20N4O2. The lowest BCUT2D eigenvalue weighted by atomic mass is 9.93. The normalized spacial score (nSPS) is 17.4. The van der Waals surface area contributed by atoms with Crippen LogP contribution in [0.15, 0.2) is 47.1 Å². The molecule has 25 heavy (non-hydrogen) atoms. The molecule has 1 amide bonds. The summed E-state index contributed by atoms with van der Waals surface area (Å²) in [5, 5.41) is 10.7. The van der Waals surface area contributed by atoms with E-state index >= 15 is 0 Å². The molecule has 0 aliphatic carbocycles. The van der Waals surface area contributed by atoms with Crippen LogP contribution in [0.2, 0.25) is 0 Å². The molecule has 0 spiro atoms. The van der Waals surface area contributed by atoms with Crippen molar-refractivity contribution < 1.29 is 9.42 Å². The lowest BCUT2D eigenvalue weighted by Gasteiger charge is -2.35. The maximum atomic E-state index is 12.8. The highest BCUT2D eigenvalue weighted by Crippen LogP contribution is 2.23. The maximum absolute atomic E-state index is 12.8. The van der Waals surface area contributed by atoms with Gasteiger partial charge < -0.3 is 5.32 Å². The molecule has 0 saturated carbocycles. The van der Waals surface area contributed by atoms with Crippen molar-refractivity contribution in [1.82, 2.24) is 20.5 Å². The van der Waals surface area contributed by atoms with E-state index in [0.717, 1.165) is 30.6 Å². The van der Waals surface area contributed by atoms with Crippen molar-refractivity contribution in [2.24, 2.45) is 0 Å². The Kier molecular flexibility index (Phi) is 4.19. The molecule has 0 bridgehead atoms. The second-order valence-corrected chi connectivity index (χ2v) is 6.36. The average molecular weight is 336 g/mol. The van der Waals surface area contributed by atoms with Crippen LogP contribution in [0.1, 0.15) is 23.6 Å². The first-order valence-electron chi connectivity index (χ1n) is 8.54. The van der Waals surface area contributed by atoms with Crippen LogP contribution < -0.4 is 5.32 Å². The van der Waals surface area contributed by atoms with E-state index in [1.807, 2.05) is 24.3 Å². The molecular weight excluding hydrogens is 316 g/mol. The van der Waals surface area contributed by atoms with Gasteiger partial charge in [-0.05, 0) is 52.1 Å². The molecule has 2 aromatic carbocycles. The molecule has 6 heteroatoms. The number of hydrogen-bond donors (Lipinski definition) is 1. The van der Waals surface area contributed by atoms with E-state index in [2.05, 4.69) is 45.7 Å². The summed E-state index contributed by atoms with van der Waals surface area (Å²) in [5.41, 5.74) is 4.99. The molecule has 2 heterocycles. The van der Waals surface area contributed by atoms with E-state index in [9.17, 15) is 4.79 Å². The van der Waals surface area contributed by atoms with Gasteiger partial charge in [0, 0.05) is 13.1 Å². The third kappa shape index (κ3) is 3.13. The van der Waals surface area contributed by atoms with Crippen molar-refractivity contribution in [3.05, 3.63) is 59.2 Å². The van der Waals surface area contributed by atoms with Crippen molar-refractivity contribution in [2.45, 2.75) is 32.5 Å². The van der Waals surface area contributed by atoms with E-state index in [0.29, 0.717) is 12.1 Å². The molecule has 0 radical (unpaired) electrons. The van der Waals surface area contributed by atoms with Gasteiger partial charge in [0.05, 0.1) is 6.04 Å². The number of nitrogens with one attached hydrogen (secondary N) is 1. The monoisotopic (exact) mass is 336 g/mol. The minimum Gasteiger partial charge on any atom is -0.351 e. The predicted molar refractivity (Wildman–Crippen MR) is 93.7 cm³/mol. The fourth-order valence-corrected chi connectivity index (χ4v) is 3.41. The Morgan fingerprint density at radius 2 is 2.00 bits per heavy atom. The van der Waals surface area contributed by atoms with Crippen molar-refractivity contribution in [3.63, 3.8) is 0 Å². The summed E-state index contributed by atoms with van der Waals surface area (Å²) >= 11 is 0. The SMILES string of the molecule is CCN1Cc2ccccc2C[C@@H]1C(=O)NCc1ccc2nonc2c1. The lowest BCUT2D eigenvalue weighted by molar-refractivity contribution is -0.127. The van der Waals surface area contributed by atoms with Gasteiger partial charge in [-0.1, -0.05) is 37.3 Å². The lowest BCUT2D eigenvalue weighted by Crippen LogP contribution is -2.49. The minimum absolute atomic E-state index is 0.0646. The molecule has 1 aliphatic rings.